The SMILES string of the molecule is O=S(=O)(c1ccccc1)N1C[C@H](Cl)[C@H]1c1ccco1. The number of hydrogen-bond donors (Lipinski definition) is 0. The molecule has 1 saturated heterocycles. The third-order valence-electron chi connectivity index (χ3n) is 3.19. The topological polar surface area (TPSA) is 50.5 Å². The van der Waals surface area contributed by atoms with Gasteiger partial charge >= 0.3 is 0 Å². The van der Waals surface area contributed by atoms with Crippen LogP contribution in [0.15, 0.2) is 58.0 Å². The van der Waals surface area contributed by atoms with Crippen LogP contribution >= 0.6 is 11.6 Å². The molecule has 1 aliphatic rings. The van der Waals surface area contributed by atoms with Gasteiger partial charge in [0, 0.05) is 6.54 Å². The number of rotatable bonds is 3. The van der Waals surface area contributed by atoms with E-state index in [0.717, 1.165) is 0 Å². The van der Waals surface area contributed by atoms with Crippen LogP contribution in [0.4, 0.5) is 0 Å². The largest absolute Gasteiger partial charge is 0.468 e. The molecule has 0 unspecified atom stereocenters. The van der Waals surface area contributed by atoms with Crippen LogP contribution in [0.25, 0.3) is 0 Å². The third-order valence-corrected chi connectivity index (χ3v) is 5.43. The summed E-state index contributed by atoms with van der Waals surface area (Å²) in [6, 6.07) is 11.4. The predicted molar refractivity (Wildman–Crippen MR) is 71.4 cm³/mol. The van der Waals surface area contributed by atoms with E-state index in [1.54, 1.807) is 42.5 Å². The van der Waals surface area contributed by atoms with Crippen molar-refractivity contribution in [1.82, 2.24) is 4.31 Å². The molecule has 0 aliphatic carbocycles. The Labute approximate surface area is 116 Å². The van der Waals surface area contributed by atoms with Crippen LogP contribution in [0.2, 0.25) is 0 Å². The van der Waals surface area contributed by atoms with Gasteiger partial charge in [-0.15, -0.1) is 11.6 Å². The lowest BCUT2D eigenvalue weighted by atomic mass is 10.0. The van der Waals surface area contributed by atoms with E-state index in [1.165, 1.54) is 10.6 Å². The lowest BCUT2D eigenvalue weighted by Gasteiger charge is -2.42. The Kier molecular flexibility index (Phi) is 3.12. The Morgan fingerprint density at radius 2 is 1.89 bits per heavy atom. The summed E-state index contributed by atoms with van der Waals surface area (Å²) in [6.45, 7) is 0.296. The first kappa shape index (κ1) is 12.7. The van der Waals surface area contributed by atoms with E-state index in [2.05, 4.69) is 0 Å². The highest BCUT2D eigenvalue weighted by Gasteiger charge is 2.47. The smallest absolute Gasteiger partial charge is 0.243 e. The molecule has 0 spiro atoms. The Bertz CT molecular complexity index is 654. The molecule has 4 nitrogen and oxygen atoms in total. The van der Waals surface area contributed by atoms with Gasteiger partial charge in [-0.25, -0.2) is 8.42 Å². The molecule has 0 N–H and O–H groups in total. The molecular formula is C13H12ClNO3S. The first-order valence-electron chi connectivity index (χ1n) is 5.85. The highest BCUT2D eigenvalue weighted by Crippen LogP contribution is 2.41. The maximum absolute atomic E-state index is 12.5. The van der Waals surface area contributed by atoms with Crippen molar-refractivity contribution in [2.45, 2.75) is 16.3 Å². The van der Waals surface area contributed by atoms with Crippen molar-refractivity contribution in [2.24, 2.45) is 0 Å². The van der Waals surface area contributed by atoms with Crippen molar-refractivity contribution >= 4 is 21.6 Å². The van der Waals surface area contributed by atoms with E-state index in [0.29, 0.717) is 12.3 Å². The minimum Gasteiger partial charge on any atom is -0.468 e. The number of benzene rings is 1. The van der Waals surface area contributed by atoms with Gasteiger partial charge < -0.3 is 4.42 Å². The molecule has 3 rings (SSSR count). The molecule has 1 aromatic heterocycles. The Balaban J connectivity index is 1.95. The zero-order valence-electron chi connectivity index (χ0n) is 9.94. The highest BCUT2D eigenvalue weighted by molar-refractivity contribution is 7.89. The number of halogens is 1. The zero-order chi connectivity index (χ0) is 13.5. The maximum atomic E-state index is 12.5. The second kappa shape index (κ2) is 4.67. The minimum absolute atomic E-state index is 0.260. The number of nitrogens with zero attached hydrogens (tertiary/aromatic N) is 1. The lowest BCUT2D eigenvalue weighted by Crippen LogP contribution is -2.53. The molecule has 2 atom stereocenters. The monoisotopic (exact) mass is 297 g/mol. The standard InChI is InChI=1S/C13H12ClNO3S/c14-11-9-15(13(11)12-7-4-8-18-12)19(16,17)10-5-2-1-3-6-10/h1-8,11,13H,9H2/t11-,13-/m0/s1. The van der Waals surface area contributed by atoms with Crippen molar-refractivity contribution in [2.75, 3.05) is 6.54 Å². The summed E-state index contributed by atoms with van der Waals surface area (Å²) >= 11 is 6.13. The molecule has 100 valence electrons. The average molecular weight is 298 g/mol. The molecule has 1 aliphatic heterocycles. The molecule has 1 fully saturated rings. The fraction of sp³-hybridized carbons (Fsp3) is 0.231. The van der Waals surface area contributed by atoms with Crippen molar-refractivity contribution in [3.63, 3.8) is 0 Å². The lowest BCUT2D eigenvalue weighted by molar-refractivity contribution is 0.181. The van der Waals surface area contributed by atoms with E-state index in [4.69, 9.17) is 16.0 Å². The van der Waals surface area contributed by atoms with Gasteiger partial charge in [-0.05, 0) is 24.3 Å². The van der Waals surface area contributed by atoms with Crippen molar-refractivity contribution in [3.05, 3.63) is 54.5 Å². The van der Waals surface area contributed by atoms with Gasteiger partial charge in [0.05, 0.1) is 16.5 Å². The van der Waals surface area contributed by atoms with Gasteiger partial charge in [-0.1, -0.05) is 18.2 Å². The molecule has 19 heavy (non-hydrogen) atoms. The van der Waals surface area contributed by atoms with Gasteiger partial charge in [-0.3, -0.25) is 0 Å². The summed E-state index contributed by atoms with van der Waals surface area (Å²) in [7, 11) is -3.52. The van der Waals surface area contributed by atoms with Crippen LogP contribution < -0.4 is 0 Å². The minimum atomic E-state index is -3.52. The summed E-state index contributed by atoms with van der Waals surface area (Å²) < 4.78 is 31.6. The number of alkyl halides is 1. The van der Waals surface area contributed by atoms with Gasteiger partial charge in [0.1, 0.15) is 11.8 Å². The summed E-state index contributed by atoms with van der Waals surface area (Å²) in [5.74, 6) is 0.575. The molecule has 0 bridgehead atoms. The molecular weight excluding hydrogens is 286 g/mol. The van der Waals surface area contributed by atoms with Gasteiger partial charge in [0.2, 0.25) is 10.0 Å². The highest BCUT2D eigenvalue weighted by atomic mass is 35.5. The van der Waals surface area contributed by atoms with E-state index in [9.17, 15) is 8.42 Å². The summed E-state index contributed by atoms with van der Waals surface area (Å²) in [4.78, 5) is 0.273. The summed E-state index contributed by atoms with van der Waals surface area (Å²) in [5.41, 5.74) is 0. The van der Waals surface area contributed by atoms with Crippen LogP contribution in [0, 0.1) is 0 Å². The van der Waals surface area contributed by atoms with E-state index < -0.39 is 16.1 Å². The number of sulfonamides is 1. The fourth-order valence-corrected chi connectivity index (χ4v) is 4.42. The summed E-state index contributed by atoms with van der Waals surface area (Å²) in [5, 5.41) is -0.260. The quantitative estimate of drug-likeness (QED) is 0.818. The Hall–Kier alpha value is -1.30. The summed E-state index contributed by atoms with van der Waals surface area (Å²) in [6.07, 6.45) is 1.52. The fourth-order valence-electron chi connectivity index (χ4n) is 2.18. The first-order valence-corrected chi connectivity index (χ1v) is 7.73. The van der Waals surface area contributed by atoms with Crippen LogP contribution in [0.5, 0.6) is 0 Å². The molecule has 0 saturated carbocycles. The van der Waals surface area contributed by atoms with Crippen molar-refractivity contribution in [1.29, 1.82) is 0 Å². The normalized spacial score (nSPS) is 24.1. The predicted octanol–water partition coefficient (Wildman–Crippen LogP) is 2.63. The Morgan fingerprint density at radius 1 is 1.16 bits per heavy atom. The molecule has 0 radical (unpaired) electrons. The number of furan rings is 1. The molecule has 2 heterocycles. The second-order valence-corrected chi connectivity index (χ2v) is 6.82. The number of hydrogen-bond acceptors (Lipinski definition) is 3. The maximum Gasteiger partial charge on any atom is 0.243 e. The van der Waals surface area contributed by atoms with E-state index in [1.807, 2.05) is 0 Å². The first-order chi connectivity index (χ1) is 9.10. The van der Waals surface area contributed by atoms with Gasteiger partial charge in [0.15, 0.2) is 0 Å². The van der Waals surface area contributed by atoms with Crippen LogP contribution in [0.1, 0.15) is 11.8 Å². The van der Waals surface area contributed by atoms with Gasteiger partial charge in [-0.2, -0.15) is 4.31 Å². The zero-order valence-corrected chi connectivity index (χ0v) is 11.5. The molecule has 0 amide bonds. The van der Waals surface area contributed by atoms with E-state index in [-0.39, 0.29) is 10.3 Å². The van der Waals surface area contributed by atoms with Crippen LogP contribution in [-0.2, 0) is 10.0 Å². The molecule has 2 aromatic rings. The van der Waals surface area contributed by atoms with Crippen molar-refractivity contribution in [3.8, 4) is 0 Å². The van der Waals surface area contributed by atoms with Crippen LogP contribution in [0.3, 0.4) is 0 Å². The van der Waals surface area contributed by atoms with Gasteiger partial charge in [0.25, 0.3) is 0 Å². The van der Waals surface area contributed by atoms with Crippen LogP contribution in [-0.4, -0.2) is 24.6 Å². The van der Waals surface area contributed by atoms with Crippen molar-refractivity contribution < 1.29 is 12.8 Å². The third kappa shape index (κ3) is 2.08. The Morgan fingerprint density at radius 3 is 2.47 bits per heavy atom. The molecule has 1 aromatic carbocycles. The van der Waals surface area contributed by atoms with E-state index >= 15 is 0 Å². The molecule has 6 heteroatoms. The average Bonchev–Trinajstić information content (AvgIpc) is 2.90. The second-order valence-electron chi connectivity index (χ2n) is 4.36.